The monoisotopic (exact) mass is 280 g/mol. The van der Waals surface area contributed by atoms with Crippen LogP contribution in [0, 0.1) is 5.82 Å². The second-order valence-corrected chi connectivity index (χ2v) is 5.27. The molecule has 2 heterocycles. The van der Waals surface area contributed by atoms with Crippen LogP contribution < -0.4 is 5.48 Å². The normalized spacial score (nSPS) is 22.6. The lowest BCUT2D eigenvalue weighted by Crippen LogP contribution is -2.40. The number of hydrogen-bond donors (Lipinski definition) is 2. The van der Waals surface area contributed by atoms with E-state index in [4.69, 9.17) is 9.94 Å². The van der Waals surface area contributed by atoms with Crippen molar-refractivity contribution in [2.75, 3.05) is 19.8 Å². The van der Waals surface area contributed by atoms with Crippen LogP contribution in [-0.2, 0) is 17.7 Å². The lowest BCUT2D eigenvalue weighted by Gasteiger charge is -2.33. The van der Waals surface area contributed by atoms with Crippen LogP contribution in [0.1, 0.15) is 27.9 Å². The minimum atomic E-state index is -0.682. The molecule has 0 unspecified atom stereocenters. The quantitative estimate of drug-likeness (QED) is 0.629. The number of halogens is 1. The highest BCUT2D eigenvalue weighted by molar-refractivity contribution is 5.93. The molecule has 2 N–H and O–H groups in total. The first-order valence-electron chi connectivity index (χ1n) is 6.76. The third-order valence-corrected chi connectivity index (χ3v) is 4.10. The van der Waals surface area contributed by atoms with E-state index in [1.165, 1.54) is 11.5 Å². The lowest BCUT2D eigenvalue weighted by atomic mass is 9.95. The number of hydrogen-bond acceptors (Lipinski definition) is 4. The summed E-state index contributed by atoms with van der Waals surface area (Å²) in [6, 6.07) is 3.20. The molecule has 2 aliphatic heterocycles. The van der Waals surface area contributed by atoms with E-state index >= 15 is 0 Å². The number of carbonyl (C=O) groups excluding carboxylic acids is 1. The highest BCUT2D eigenvalue weighted by Gasteiger charge is 2.28. The molecule has 0 aromatic heterocycles. The number of fused-ring (bicyclic) bond motifs is 1. The third kappa shape index (κ3) is 2.42. The van der Waals surface area contributed by atoms with Crippen LogP contribution >= 0.6 is 0 Å². The molecule has 3 rings (SSSR count). The average Bonchev–Trinajstić information content (AvgIpc) is 3.00. The van der Waals surface area contributed by atoms with Gasteiger partial charge in [-0.2, -0.15) is 0 Å². The van der Waals surface area contributed by atoms with Crippen molar-refractivity contribution in [3.05, 3.63) is 34.6 Å². The Bertz CT molecular complexity index is 529. The average molecular weight is 280 g/mol. The number of nitrogens with one attached hydrogen (secondary N) is 1. The first kappa shape index (κ1) is 13.5. The van der Waals surface area contributed by atoms with Crippen molar-refractivity contribution in [1.82, 2.24) is 10.4 Å². The fraction of sp³-hybridized carbons (Fsp3) is 0.500. The Morgan fingerprint density at radius 2 is 2.35 bits per heavy atom. The standard InChI is InChI=1S/C14H17FN2O3/c15-13-6-10(14(18)16-19)5-9-1-3-17(7-12(9)13)11-2-4-20-8-11/h5-6,11,19H,1-4,7-8H2,(H,16,18)/t11-/m1/s1. The SMILES string of the molecule is O=C(NO)c1cc(F)c2c(c1)CCN([C@@H]1CCOC1)C2. The van der Waals surface area contributed by atoms with Gasteiger partial charge in [-0.25, -0.2) is 9.87 Å². The molecule has 1 amide bonds. The van der Waals surface area contributed by atoms with Gasteiger partial charge in [0, 0.05) is 36.9 Å². The van der Waals surface area contributed by atoms with Crippen LogP contribution in [0.5, 0.6) is 0 Å². The van der Waals surface area contributed by atoms with Gasteiger partial charge in [-0.05, 0) is 30.5 Å². The molecule has 0 spiro atoms. The molecule has 6 heteroatoms. The van der Waals surface area contributed by atoms with Crippen molar-refractivity contribution in [1.29, 1.82) is 0 Å². The van der Waals surface area contributed by atoms with Gasteiger partial charge >= 0.3 is 0 Å². The topological polar surface area (TPSA) is 61.8 Å². The van der Waals surface area contributed by atoms with Crippen LogP contribution in [0.25, 0.3) is 0 Å². The number of carbonyl (C=O) groups is 1. The molecule has 0 radical (unpaired) electrons. The van der Waals surface area contributed by atoms with Gasteiger partial charge in [0.25, 0.3) is 5.91 Å². The van der Waals surface area contributed by atoms with E-state index in [0.29, 0.717) is 31.2 Å². The zero-order chi connectivity index (χ0) is 14.1. The summed E-state index contributed by atoms with van der Waals surface area (Å²) in [6.45, 7) is 2.87. The van der Waals surface area contributed by atoms with Crippen LogP contribution in [0.4, 0.5) is 4.39 Å². The van der Waals surface area contributed by atoms with Crippen LogP contribution in [0.15, 0.2) is 12.1 Å². The van der Waals surface area contributed by atoms with E-state index < -0.39 is 5.91 Å². The number of hydroxylamine groups is 1. The number of benzene rings is 1. The molecule has 5 nitrogen and oxygen atoms in total. The minimum Gasteiger partial charge on any atom is -0.380 e. The second-order valence-electron chi connectivity index (χ2n) is 5.27. The van der Waals surface area contributed by atoms with Gasteiger partial charge in [-0.3, -0.25) is 14.9 Å². The summed E-state index contributed by atoms with van der Waals surface area (Å²) in [5.74, 6) is -1.07. The molecule has 1 saturated heterocycles. The Hall–Kier alpha value is -1.50. The molecule has 0 aliphatic carbocycles. The van der Waals surface area contributed by atoms with E-state index in [1.54, 1.807) is 6.07 Å². The summed E-state index contributed by atoms with van der Waals surface area (Å²) in [5.41, 5.74) is 3.19. The van der Waals surface area contributed by atoms with Crippen molar-refractivity contribution < 1.29 is 19.1 Å². The van der Waals surface area contributed by atoms with Gasteiger partial charge in [0.05, 0.1) is 6.61 Å². The van der Waals surface area contributed by atoms with Crippen LogP contribution in [-0.4, -0.2) is 41.8 Å². The molecule has 0 saturated carbocycles. The van der Waals surface area contributed by atoms with Crippen molar-refractivity contribution in [2.45, 2.75) is 25.4 Å². The maximum Gasteiger partial charge on any atom is 0.274 e. The Balaban J connectivity index is 1.84. The van der Waals surface area contributed by atoms with Crippen molar-refractivity contribution in [2.24, 2.45) is 0 Å². The maximum absolute atomic E-state index is 14.2. The molecule has 20 heavy (non-hydrogen) atoms. The predicted molar refractivity (Wildman–Crippen MR) is 69.0 cm³/mol. The van der Waals surface area contributed by atoms with E-state index in [0.717, 1.165) is 25.1 Å². The summed E-state index contributed by atoms with van der Waals surface area (Å²) in [5, 5.41) is 8.62. The molecular formula is C14H17FN2O3. The van der Waals surface area contributed by atoms with Crippen molar-refractivity contribution in [3.8, 4) is 0 Å². The molecule has 1 atom stereocenters. The van der Waals surface area contributed by atoms with Crippen molar-refractivity contribution >= 4 is 5.91 Å². The summed E-state index contributed by atoms with van der Waals surface area (Å²) in [4.78, 5) is 13.6. The third-order valence-electron chi connectivity index (χ3n) is 4.10. The van der Waals surface area contributed by atoms with E-state index in [1.807, 2.05) is 0 Å². The molecule has 108 valence electrons. The molecule has 0 bridgehead atoms. The molecule has 1 aromatic carbocycles. The lowest BCUT2D eigenvalue weighted by molar-refractivity contribution is 0.0705. The fourth-order valence-corrected chi connectivity index (χ4v) is 2.96. The molecule has 2 aliphatic rings. The number of amides is 1. The van der Waals surface area contributed by atoms with Gasteiger partial charge in [-0.1, -0.05) is 0 Å². The molecular weight excluding hydrogens is 263 g/mol. The highest BCUT2D eigenvalue weighted by Crippen LogP contribution is 2.26. The fourth-order valence-electron chi connectivity index (χ4n) is 2.96. The Morgan fingerprint density at radius 1 is 1.50 bits per heavy atom. The number of nitrogens with zero attached hydrogens (tertiary/aromatic N) is 1. The highest BCUT2D eigenvalue weighted by atomic mass is 19.1. The second kappa shape index (κ2) is 5.47. The van der Waals surface area contributed by atoms with E-state index in [9.17, 15) is 9.18 Å². The Labute approximate surface area is 116 Å². The number of ether oxygens (including phenoxy) is 1. The van der Waals surface area contributed by atoms with Gasteiger partial charge in [0.2, 0.25) is 0 Å². The van der Waals surface area contributed by atoms with Crippen LogP contribution in [0.3, 0.4) is 0 Å². The van der Waals surface area contributed by atoms with Gasteiger partial charge < -0.3 is 4.74 Å². The zero-order valence-corrected chi connectivity index (χ0v) is 11.1. The van der Waals surface area contributed by atoms with Crippen molar-refractivity contribution in [3.63, 3.8) is 0 Å². The van der Waals surface area contributed by atoms with Gasteiger partial charge in [0.1, 0.15) is 5.82 Å². The Kier molecular flexibility index (Phi) is 3.69. The zero-order valence-electron chi connectivity index (χ0n) is 11.1. The summed E-state index contributed by atoms with van der Waals surface area (Å²) >= 11 is 0. The summed E-state index contributed by atoms with van der Waals surface area (Å²) in [7, 11) is 0. The van der Waals surface area contributed by atoms with E-state index in [2.05, 4.69) is 4.90 Å². The maximum atomic E-state index is 14.2. The first-order valence-corrected chi connectivity index (χ1v) is 6.76. The van der Waals surface area contributed by atoms with Crippen LogP contribution in [0.2, 0.25) is 0 Å². The predicted octanol–water partition coefficient (Wildman–Crippen LogP) is 1.09. The minimum absolute atomic E-state index is 0.154. The van der Waals surface area contributed by atoms with Gasteiger partial charge in [-0.15, -0.1) is 0 Å². The molecule has 1 fully saturated rings. The first-order chi connectivity index (χ1) is 9.69. The summed E-state index contributed by atoms with van der Waals surface area (Å²) < 4.78 is 19.5. The molecule has 1 aromatic rings. The van der Waals surface area contributed by atoms with E-state index in [-0.39, 0.29) is 11.4 Å². The largest absolute Gasteiger partial charge is 0.380 e. The summed E-state index contributed by atoms with van der Waals surface area (Å²) in [6.07, 6.45) is 1.69. The number of rotatable bonds is 2. The smallest absolute Gasteiger partial charge is 0.274 e. The van der Waals surface area contributed by atoms with Gasteiger partial charge in [0.15, 0.2) is 0 Å². The Morgan fingerprint density at radius 3 is 3.05 bits per heavy atom.